The second-order valence-corrected chi connectivity index (χ2v) is 8.57. The molecule has 9 heteroatoms. The van der Waals surface area contributed by atoms with Gasteiger partial charge in [-0.05, 0) is 30.4 Å². The zero-order chi connectivity index (χ0) is 20.0. The van der Waals surface area contributed by atoms with Crippen LogP contribution in [0.5, 0.6) is 0 Å². The molecule has 1 amide bonds. The van der Waals surface area contributed by atoms with Crippen LogP contribution in [0.1, 0.15) is 25.8 Å². The molecule has 1 fully saturated rings. The van der Waals surface area contributed by atoms with Gasteiger partial charge < -0.3 is 9.64 Å². The van der Waals surface area contributed by atoms with Crippen LogP contribution >= 0.6 is 0 Å². The molecule has 1 aromatic rings. The Morgan fingerprint density at radius 3 is 2.52 bits per heavy atom. The Labute approximate surface area is 159 Å². The highest BCUT2D eigenvalue weighted by Gasteiger charge is 2.26. The number of sulfonamides is 1. The maximum Gasteiger partial charge on any atom is 0.321 e. The molecule has 0 unspecified atom stereocenters. The number of nitriles is 1. The topological polar surface area (TPSA) is 117 Å². The Hall–Kier alpha value is -2.44. The summed E-state index contributed by atoms with van der Waals surface area (Å²) in [7, 11) is -4.04. The van der Waals surface area contributed by atoms with Crippen molar-refractivity contribution < 1.29 is 22.7 Å². The van der Waals surface area contributed by atoms with Crippen LogP contribution in [0, 0.1) is 23.2 Å². The van der Waals surface area contributed by atoms with Gasteiger partial charge in [0.15, 0.2) is 6.61 Å². The maximum absolute atomic E-state index is 12.2. The molecule has 0 aromatic heterocycles. The van der Waals surface area contributed by atoms with E-state index in [9.17, 15) is 18.0 Å². The number of hydrogen-bond acceptors (Lipinski definition) is 6. The van der Waals surface area contributed by atoms with Gasteiger partial charge in [0.25, 0.3) is 5.91 Å². The molecule has 1 heterocycles. The first-order valence-corrected chi connectivity index (χ1v) is 10.1. The van der Waals surface area contributed by atoms with Crippen molar-refractivity contribution in [3.8, 4) is 6.07 Å². The van der Waals surface area contributed by atoms with Crippen molar-refractivity contribution in [3.63, 3.8) is 0 Å². The van der Waals surface area contributed by atoms with Crippen LogP contribution in [0.3, 0.4) is 0 Å². The number of benzene rings is 1. The van der Waals surface area contributed by atoms with Gasteiger partial charge in [-0.3, -0.25) is 9.59 Å². The highest BCUT2D eigenvalue weighted by atomic mass is 32.2. The minimum Gasteiger partial charge on any atom is -0.455 e. The van der Waals surface area contributed by atoms with E-state index in [0.29, 0.717) is 24.9 Å². The SMILES string of the molecule is C[C@@H]1C[C@H](C)CN(C(=O)COC(=O)CNS(=O)(=O)c2ccccc2C#N)C1. The third-order valence-electron chi connectivity index (χ3n) is 4.28. The van der Waals surface area contributed by atoms with Gasteiger partial charge in [-0.2, -0.15) is 9.98 Å². The summed E-state index contributed by atoms with van der Waals surface area (Å²) in [4.78, 5) is 25.4. The number of hydrogen-bond donors (Lipinski definition) is 1. The zero-order valence-corrected chi connectivity index (χ0v) is 16.2. The van der Waals surface area contributed by atoms with E-state index < -0.39 is 29.1 Å². The molecule has 2 rings (SSSR count). The fourth-order valence-electron chi connectivity index (χ4n) is 3.18. The third kappa shape index (κ3) is 5.77. The number of likely N-dealkylation sites (tertiary alicyclic amines) is 1. The second-order valence-electron chi connectivity index (χ2n) is 6.84. The quantitative estimate of drug-likeness (QED) is 0.717. The predicted molar refractivity (Wildman–Crippen MR) is 96.8 cm³/mol. The summed E-state index contributed by atoms with van der Waals surface area (Å²) in [6.45, 7) is 4.33. The van der Waals surface area contributed by atoms with Crippen LogP contribution in [0.15, 0.2) is 29.2 Å². The van der Waals surface area contributed by atoms with E-state index in [4.69, 9.17) is 10.00 Å². The Morgan fingerprint density at radius 1 is 1.26 bits per heavy atom. The summed E-state index contributed by atoms with van der Waals surface area (Å²) in [6, 6.07) is 7.45. The first kappa shape index (κ1) is 20.9. The molecule has 1 saturated heterocycles. The average molecular weight is 393 g/mol. The van der Waals surface area contributed by atoms with Gasteiger partial charge in [0.05, 0.1) is 10.5 Å². The summed E-state index contributed by atoms with van der Waals surface area (Å²) >= 11 is 0. The summed E-state index contributed by atoms with van der Waals surface area (Å²) < 4.78 is 31.4. The minimum absolute atomic E-state index is 0.0260. The van der Waals surface area contributed by atoms with E-state index in [1.165, 1.54) is 18.2 Å². The Balaban J connectivity index is 1.85. The molecule has 0 spiro atoms. The van der Waals surface area contributed by atoms with Gasteiger partial charge >= 0.3 is 5.97 Å². The Kier molecular flexibility index (Phi) is 6.93. The van der Waals surface area contributed by atoms with Crippen LogP contribution in [-0.4, -0.2) is 51.4 Å². The largest absolute Gasteiger partial charge is 0.455 e. The summed E-state index contributed by atoms with van der Waals surface area (Å²) in [5, 5.41) is 8.99. The van der Waals surface area contributed by atoms with Crippen molar-refractivity contribution in [3.05, 3.63) is 29.8 Å². The van der Waals surface area contributed by atoms with E-state index >= 15 is 0 Å². The molecule has 0 bridgehead atoms. The van der Waals surface area contributed by atoms with Crippen molar-refractivity contribution >= 4 is 21.9 Å². The summed E-state index contributed by atoms with van der Waals surface area (Å²) in [6.07, 6.45) is 1.05. The Morgan fingerprint density at radius 2 is 1.89 bits per heavy atom. The highest BCUT2D eigenvalue weighted by Crippen LogP contribution is 2.20. The lowest BCUT2D eigenvalue weighted by Crippen LogP contribution is -2.44. The summed E-state index contributed by atoms with van der Waals surface area (Å²) in [5.74, 6) is -0.375. The molecule has 0 radical (unpaired) electrons. The lowest BCUT2D eigenvalue weighted by molar-refractivity contribution is -0.152. The molecule has 1 aliphatic heterocycles. The molecule has 0 saturated carbocycles. The number of piperidine rings is 1. The van der Waals surface area contributed by atoms with Crippen molar-refractivity contribution in [2.24, 2.45) is 11.8 Å². The summed E-state index contributed by atoms with van der Waals surface area (Å²) in [5.41, 5.74) is -0.0260. The standard InChI is InChI=1S/C18H23N3O5S/c1-13-7-14(2)11-21(10-13)17(22)12-26-18(23)9-20-27(24,25)16-6-4-3-5-15(16)8-19/h3-6,13-14,20H,7,9-12H2,1-2H3/t13-,14+. The van der Waals surface area contributed by atoms with Gasteiger partial charge in [-0.25, -0.2) is 8.42 Å². The number of nitrogens with zero attached hydrogens (tertiary/aromatic N) is 2. The van der Waals surface area contributed by atoms with Gasteiger partial charge in [-0.15, -0.1) is 0 Å². The smallest absolute Gasteiger partial charge is 0.321 e. The molecule has 146 valence electrons. The van der Waals surface area contributed by atoms with Gasteiger partial charge in [0, 0.05) is 13.1 Å². The van der Waals surface area contributed by atoms with Crippen molar-refractivity contribution in [2.75, 3.05) is 26.2 Å². The first-order chi connectivity index (χ1) is 12.7. The van der Waals surface area contributed by atoms with Crippen LogP contribution in [0.25, 0.3) is 0 Å². The molecule has 1 N–H and O–H groups in total. The van der Waals surface area contributed by atoms with E-state index in [-0.39, 0.29) is 16.4 Å². The molecular formula is C18H23N3O5S. The van der Waals surface area contributed by atoms with E-state index in [1.54, 1.807) is 17.0 Å². The van der Waals surface area contributed by atoms with E-state index in [1.807, 2.05) is 0 Å². The molecule has 27 heavy (non-hydrogen) atoms. The van der Waals surface area contributed by atoms with Crippen LogP contribution in [0.4, 0.5) is 0 Å². The highest BCUT2D eigenvalue weighted by molar-refractivity contribution is 7.89. The van der Waals surface area contributed by atoms with Gasteiger partial charge in [-0.1, -0.05) is 26.0 Å². The van der Waals surface area contributed by atoms with E-state index in [2.05, 4.69) is 18.6 Å². The van der Waals surface area contributed by atoms with Crippen molar-refractivity contribution in [1.29, 1.82) is 5.26 Å². The number of amides is 1. The first-order valence-electron chi connectivity index (χ1n) is 8.65. The molecule has 1 aromatic carbocycles. The molecule has 2 atom stereocenters. The van der Waals surface area contributed by atoms with Crippen molar-refractivity contribution in [2.45, 2.75) is 25.2 Å². The lowest BCUT2D eigenvalue weighted by Gasteiger charge is -2.34. The fourth-order valence-corrected chi connectivity index (χ4v) is 4.30. The number of esters is 1. The van der Waals surface area contributed by atoms with Gasteiger partial charge in [0.1, 0.15) is 12.6 Å². The number of carbonyl (C=O) groups excluding carboxylic acids is 2. The van der Waals surface area contributed by atoms with Gasteiger partial charge in [0.2, 0.25) is 10.0 Å². The Bertz CT molecular complexity index is 837. The number of rotatable bonds is 6. The van der Waals surface area contributed by atoms with Crippen LogP contribution in [0.2, 0.25) is 0 Å². The fraction of sp³-hybridized carbons (Fsp3) is 0.500. The van der Waals surface area contributed by atoms with Crippen molar-refractivity contribution in [1.82, 2.24) is 9.62 Å². The molecule has 8 nitrogen and oxygen atoms in total. The second kappa shape index (κ2) is 8.97. The molecule has 0 aliphatic carbocycles. The molecule has 1 aliphatic rings. The maximum atomic E-state index is 12.2. The van der Waals surface area contributed by atoms with E-state index in [0.717, 1.165) is 6.42 Å². The third-order valence-corrected chi connectivity index (χ3v) is 5.74. The monoisotopic (exact) mass is 393 g/mol. The number of carbonyl (C=O) groups is 2. The molecular weight excluding hydrogens is 370 g/mol. The van der Waals surface area contributed by atoms with Crippen LogP contribution < -0.4 is 4.72 Å². The van der Waals surface area contributed by atoms with Crippen LogP contribution in [-0.2, 0) is 24.3 Å². The average Bonchev–Trinajstić information content (AvgIpc) is 2.63. The normalized spacial score (nSPS) is 20.0. The lowest BCUT2D eigenvalue weighted by atomic mass is 9.92. The zero-order valence-electron chi connectivity index (χ0n) is 15.3. The number of ether oxygens (including phenoxy) is 1. The minimum atomic E-state index is -4.04. The number of nitrogens with one attached hydrogen (secondary N) is 1. The predicted octanol–water partition coefficient (Wildman–Crippen LogP) is 0.884.